The van der Waals surface area contributed by atoms with Crippen molar-refractivity contribution in [2.75, 3.05) is 11.9 Å². The fourth-order valence-electron chi connectivity index (χ4n) is 2.26. The van der Waals surface area contributed by atoms with Gasteiger partial charge in [0.25, 0.3) is 5.91 Å². The zero-order chi connectivity index (χ0) is 18.2. The summed E-state index contributed by atoms with van der Waals surface area (Å²) in [6.45, 7) is 4.48. The molecule has 0 aromatic heterocycles. The van der Waals surface area contributed by atoms with Crippen LogP contribution in [0.15, 0.2) is 59.6 Å². The largest absolute Gasteiger partial charge is 0.481 e. The second kappa shape index (κ2) is 9.03. The maximum absolute atomic E-state index is 12.5. The number of aliphatic carboxylic acids is 1. The molecule has 130 valence electrons. The van der Waals surface area contributed by atoms with E-state index in [-0.39, 0.29) is 12.3 Å². The minimum atomic E-state index is -0.825. The Morgan fingerprint density at radius 3 is 2.36 bits per heavy atom. The van der Waals surface area contributed by atoms with Crippen LogP contribution in [0.4, 0.5) is 5.69 Å². The lowest BCUT2D eigenvalue weighted by molar-refractivity contribution is -0.137. The van der Waals surface area contributed by atoms with E-state index < -0.39 is 5.97 Å². The van der Waals surface area contributed by atoms with Crippen LogP contribution in [0.3, 0.4) is 0 Å². The van der Waals surface area contributed by atoms with Gasteiger partial charge in [0.15, 0.2) is 0 Å². The molecule has 0 bridgehead atoms. The SMILES string of the molecule is C=C(NCCCC(=O)O)c1ccccc1NC(=O)c1ccccc1Br. The second-order valence-electron chi connectivity index (χ2n) is 5.38. The predicted molar refractivity (Wildman–Crippen MR) is 102 cm³/mol. The summed E-state index contributed by atoms with van der Waals surface area (Å²) in [5.41, 5.74) is 2.57. The maximum atomic E-state index is 12.5. The smallest absolute Gasteiger partial charge is 0.303 e. The summed E-state index contributed by atoms with van der Waals surface area (Å²) in [7, 11) is 0. The number of benzene rings is 2. The predicted octanol–water partition coefficient (Wildman–Crippen LogP) is 4.13. The Balaban J connectivity index is 2.07. The molecular weight excluding hydrogens is 384 g/mol. The molecule has 0 unspecified atom stereocenters. The summed E-state index contributed by atoms with van der Waals surface area (Å²) >= 11 is 3.37. The lowest BCUT2D eigenvalue weighted by Gasteiger charge is -2.15. The van der Waals surface area contributed by atoms with Gasteiger partial charge in [-0.2, -0.15) is 0 Å². The van der Waals surface area contributed by atoms with Crippen LogP contribution >= 0.6 is 15.9 Å². The molecule has 0 aliphatic heterocycles. The third-order valence-electron chi connectivity index (χ3n) is 3.52. The highest BCUT2D eigenvalue weighted by Crippen LogP contribution is 2.23. The maximum Gasteiger partial charge on any atom is 0.303 e. The van der Waals surface area contributed by atoms with Gasteiger partial charge in [0.2, 0.25) is 0 Å². The van der Waals surface area contributed by atoms with Gasteiger partial charge >= 0.3 is 5.97 Å². The summed E-state index contributed by atoms with van der Waals surface area (Å²) in [5.74, 6) is -1.05. The number of halogens is 1. The van der Waals surface area contributed by atoms with E-state index in [0.717, 1.165) is 10.0 Å². The van der Waals surface area contributed by atoms with Crippen LogP contribution in [0.2, 0.25) is 0 Å². The van der Waals surface area contributed by atoms with Gasteiger partial charge in [-0.15, -0.1) is 0 Å². The number of hydrogen-bond acceptors (Lipinski definition) is 3. The second-order valence-corrected chi connectivity index (χ2v) is 6.24. The molecule has 0 radical (unpaired) electrons. The highest BCUT2D eigenvalue weighted by molar-refractivity contribution is 9.10. The number of para-hydroxylation sites is 1. The first-order valence-corrected chi connectivity index (χ1v) is 8.58. The molecule has 2 rings (SSSR count). The number of hydrogen-bond donors (Lipinski definition) is 3. The first kappa shape index (κ1) is 18.7. The first-order valence-electron chi connectivity index (χ1n) is 7.79. The zero-order valence-electron chi connectivity index (χ0n) is 13.6. The molecule has 1 amide bonds. The number of carbonyl (C=O) groups is 2. The Hall–Kier alpha value is -2.60. The van der Waals surface area contributed by atoms with Crippen LogP contribution < -0.4 is 10.6 Å². The van der Waals surface area contributed by atoms with Gasteiger partial charge in [-0.25, -0.2) is 0 Å². The van der Waals surface area contributed by atoms with Crippen molar-refractivity contribution in [2.45, 2.75) is 12.8 Å². The molecule has 3 N–H and O–H groups in total. The fraction of sp³-hybridized carbons (Fsp3) is 0.158. The lowest BCUT2D eigenvalue weighted by Crippen LogP contribution is -2.17. The van der Waals surface area contributed by atoms with Gasteiger partial charge < -0.3 is 15.7 Å². The number of anilines is 1. The molecule has 0 saturated carbocycles. The number of rotatable bonds is 8. The summed E-state index contributed by atoms with van der Waals surface area (Å²) in [6, 6.07) is 14.5. The van der Waals surface area contributed by atoms with Crippen molar-refractivity contribution >= 4 is 39.2 Å². The van der Waals surface area contributed by atoms with Crippen molar-refractivity contribution in [1.29, 1.82) is 0 Å². The van der Waals surface area contributed by atoms with Crippen LogP contribution in [0.25, 0.3) is 5.70 Å². The molecule has 0 aliphatic carbocycles. The fourth-order valence-corrected chi connectivity index (χ4v) is 2.73. The minimum absolute atomic E-state index is 0.0979. The molecule has 25 heavy (non-hydrogen) atoms. The van der Waals surface area contributed by atoms with Gasteiger partial charge in [-0.05, 0) is 40.5 Å². The van der Waals surface area contributed by atoms with E-state index in [4.69, 9.17) is 5.11 Å². The van der Waals surface area contributed by atoms with Crippen LogP contribution in [-0.2, 0) is 4.79 Å². The normalized spacial score (nSPS) is 10.1. The number of carbonyl (C=O) groups excluding carboxylic acids is 1. The third kappa shape index (κ3) is 5.46. The van der Waals surface area contributed by atoms with E-state index in [9.17, 15) is 9.59 Å². The molecule has 5 nitrogen and oxygen atoms in total. The van der Waals surface area contributed by atoms with Crippen molar-refractivity contribution in [3.05, 3.63) is 70.7 Å². The molecule has 0 saturated heterocycles. The standard InChI is InChI=1S/C19H19BrN2O3/c1-13(21-12-6-11-18(23)24)14-7-3-5-10-17(14)22-19(25)15-8-2-4-9-16(15)20/h2-5,7-10,21H,1,6,11-12H2,(H,22,25)(H,23,24). The van der Waals surface area contributed by atoms with E-state index in [1.165, 1.54) is 0 Å². The van der Waals surface area contributed by atoms with Crippen molar-refractivity contribution in [1.82, 2.24) is 5.32 Å². The van der Waals surface area contributed by atoms with Gasteiger partial charge in [0.05, 0.1) is 11.3 Å². The Labute approximate surface area is 154 Å². The van der Waals surface area contributed by atoms with Gasteiger partial charge in [0.1, 0.15) is 0 Å². The number of amides is 1. The minimum Gasteiger partial charge on any atom is -0.481 e. The van der Waals surface area contributed by atoms with Crippen LogP contribution in [-0.4, -0.2) is 23.5 Å². The molecule has 0 spiro atoms. The van der Waals surface area contributed by atoms with Crippen LogP contribution in [0.5, 0.6) is 0 Å². The van der Waals surface area contributed by atoms with E-state index in [0.29, 0.717) is 29.9 Å². The quantitative estimate of drug-likeness (QED) is 0.580. The van der Waals surface area contributed by atoms with Crippen molar-refractivity contribution in [3.63, 3.8) is 0 Å². The monoisotopic (exact) mass is 402 g/mol. The summed E-state index contributed by atoms with van der Waals surface area (Å²) in [5, 5.41) is 14.7. The van der Waals surface area contributed by atoms with Crippen molar-refractivity contribution in [2.24, 2.45) is 0 Å². The van der Waals surface area contributed by atoms with E-state index in [1.807, 2.05) is 30.3 Å². The molecular formula is C19H19BrN2O3. The lowest BCUT2D eigenvalue weighted by atomic mass is 10.1. The Morgan fingerprint density at radius 2 is 1.68 bits per heavy atom. The molecule has 0 aliphatic rings. The number of carboxylic acids is 1. The van der Waals surface area contributed by atoms with Crippen LogP contribution in [0, 0.1) is 0 Å². The number of carboxylic acid groups (broad SMARTS) is 1. The Bertz CT molecular complexity index is 790. The average molecular weight is 403 g/mol. The van der Waals surface area contributed by atoms with E-state index >= 15 is 0 Å². The Morgan fingerprint density at radius 1 is 1.04 bits per heavy atom. The zero-order valence-corrected chi connectivity index (χ0v) is 15.2. The molecule has 0 heterocycles. The highest BCUT2D eigenvalue weighted by atomic mass is 79.9. The third-order valence-corrected chi connectivity index (χ3v) is 4.22. The Kier molecular flexibility index (Phi) is 6.77. The number of nitrogens with one attached hydrogen (secondary N) is 2. The van der Waals surface area contributed by atoms with E-state index in [1.54, 1.807) is 18.2 Å². The van der Waals surface area contributed by atoms with Crippen molar-refractivity contribution < 1.29 is 14.7 Å². The molecule has 2 aromatic rings. The highest BCUT2D eigenvalue weighted by Gasteiger charge is 2.12. The summed E-state index contributed by atoms with van der Waals surface area (Å²) < 4.78 is 0.718. The van der Waals surface area contributed by atoms with Crippen LogP contribution in [0.1, 0.15) is 28.8 Å². The molecule has 0 atom stereocenters. The van der Waals surface area contributed by atoms with Gasteiger partial charge in [0, 0.05) is 28.7 Å². The topological polar surface area (TPSA) is 78.4 Å². The molecule has 2 aromatic carbocycles. The van der Waals surface area contributed by atoms with Gasteiger partial charge in [-0.1, -0.05) is 36.9 Å². The van der Waals surface area contributed by atoms with E-state index in [2.05, 4.69) is 33.1 Å². The summed E-state index contributed by atoms with van der Waals surface area (Å²) in [4.78, 5) is 23.0. The van der Waals surface area contributed by atoms with Gasteiger partial charge in [-0.3, -0.25) is 9.59 Å². The first-order chi connectivity index (χ1) is 12.0. The molecule has 0 fully saturated rings. The average Bonchev–Trinajstić information content (AvgIpc) is 2.59. The van der Waals surface area contributed by atoms with Crippen molar-refractivity contribution in [3.8, 4) is 0 Å². The summed E-state index contributed by atoms with van der Waals surface area (Å²) in [6.07, 6.45) is 0.598. The molecule has 6 heteroatoms.